The molecule has 1 amide bonds. The third-order valence-electron chi connectivity index (χ3n) is 3.27. The number of aromatic nitrogens is 1. The van der Waals surface area contributed by atoms with E-state index in [-0.39, 0.29) is 17.7 Å². The van der Waals surface area contributed by atoms with Crippen LogP contribution >= 0.6 is 0 Å². The van der Waals surface area contributed by atoms with Gasteiger partial charge in [0.2, 0.25) is 0 Å². The van der Waals surface area contributed by atoms with Crippen LogP contribution in [0.2, 0.25) is 0 Å². The van der Waals surface area contributed by atoms with Gasteiger partial charge in [-0.2, -0.15) is 0 Å². The number of ether oxygens (including phenoxy) is 1. The minimum atomic E-state index is -1.17. The highest BCUT2D eigenvalue weighted by molar-refractivity contribution is 6.05. The lowest BCUT2D eigenvalue weighted by Gasteiger charge is -2.20. The molecule has 7 heteroatoms. The molecule has 0 saturated heterocycles. The topological polar surface area (TPSA) is 106 Å². The zero-order valence-electron chi connectivity index (χ0n) is 14.8. The second-order valence-electron chi connectivity index (χ2n) is 6.61. The standard InChI is InChI=1S/C19H20N2O5/c1-19(2,3)26-16(22)10-12-6-4-5-7-14(12)21-17(23)13-8-9-15(18(24)25)20-11-13/h4-9,11H,10H2,1-3H3,(H,21,23)(H,24,25). The summed E-state index contributed by atoms with van der Waals surface area (Å²) >= 11 is 0. The quantitative estimate of drug-likeness (QED) is 0.798. The van der Waals surface area contributed by atoms with Crippen molar-refractivity contribution in [3.63, 3.8) is 0 Å². The number of hydrogen-bond donors (Lipinski definition) is 2. The highest BCUT2D eigenvalue weighted by Gasteiger charge is 2.18. The fourth-order valence-corrected chi connectivity index (χ4v) is 2.18. The predicted octanol–water partition coefficient (Wildman–Crippen LogP) is 2.92. The van der Waals surface area contributed by atoms with Crippen LogP contribution in [0.5, 0.6) is 0 Å². The van der Waals surface area contributed by atoms with E-state index in [4.69, 9.17) is 9.84 Å². The molecular formula is C19H20N2O5. The number of esters is 1. The molecule has 0 aliphatic rings. The maximum Gasteiger partial charge on any atom is 0.354 e. The number of amides is 1. The number of pyridine rings is 1. The highest BCUT2D eigenvalue weighted by atomic mass is 16.6. The van der Waals surface area contributed by atoms with E-state index in [1.165, 1.54) is 18.3 Å². The second kappa shape index (κ2) is 7.77. The van der Waals surface area contributed by atoms with Crippen molar-refractivity contribution in [2.45, 2.75) is 32.8 Å². The van der Waals surface area contributed by atoms with Crippen molar-refractivity contribution >= 4 is 23.5 Å². The molecule has 0 aliphatic carbocycles. The molecule has 0 atom stereocenters. The maximum absolute atomic E-state index is 12.3. The molecule has 0 aliphatic heterocycles. The zero-order valence-corrected chi connectivity index (χ0v) is 14.8. The van der Waals surface area contributed by atoms with Crippen molar-refractivity contribution in [3.05, 3.63) is 59.4 Å². The van der Waals surface area contributed by atoms with Crippen molar-refractivity contribution in [2.24, 2.45) is 0 Å². The molecule has 0 fully saturated rings. The number of hydrogen-bond acceptors (Lipinski definition) is 5. The van der Waals surface area contributed by atoms with Crippen LogP contribution in [0.4, 0.5) is 5.69 Å². The lowest BCUT2D eigenvalue weighted by atomic mass is 10.1. The Labute approximate surface area is 151 Å². The van der Waals surface area contributed by atoms with Crippen molar-refractivity contribution in [1.29, 1.82) is 0 Å². The Morgan fingerprint density at radius 3 is 2.38 bits per heavy atom. The van der Waals surface area contributed by atoms with Crippen LogP contribution in [-0.2, 0) is 16.0 Å². The van der Waals surface area contributed by atoms with Crippen molar-refractivity contribution in [3.8, 4) is 0 Å². The number of carbonyl (C=O) groups excluding carboxylic acids is 2. The largest absolute Gasteiger partial charge is 0.477 e. The lowest BCUT2D eigenvalue weighted by molar-refractivity contribution is -0.153. The van der Waals surface area contributed by atoms with Crippen LogP contribution in [0, 0.1) is 0 Å². The lowest BCUT2D eigenvalue weighted by Crippen LogP contribution is -2.25. The van der Waals surface area contributed by atoms with Crippen LogP contribution in [0.3, 0.4) is 0 Å². The minimum Gasteiger partial charge on any atom is -0.477 e. The van der Waals surface area contributed by atoms with Gasteiger partial charge in [-0.05, 0) is 44.5 Å². The van der Waals surface area contributed by atoms with Crippen LogP contribution in [0.15, 0.2) is 42.6 Å². The van der Waals surface area contributed by atoms with E-state index in [0.29, 0.717) is 11.3 Å². The smallest absolute Gasteiger partial charge is 0.354 e. The molecule has 0 bridgehead atoms. The molecule has 0 radical (unpaired) electrons. The molecule has 1 heterocycles. The third-order valence-corrected chi connectivity index (χ3v) is 3.27. The Bertz CT molecular complexity index is 823. The fraction of sp³-hybridized carbons (Fsp3) is 0.263. The van der Waals surface area contributed by atoms with E-state index < -0.39 is 23.4 Å². The second-order valence-corrected chi connectivity index (χ2v) is 6.61. The van der Waals surface area contributed by atoms with Gasteiger partial charge in [0.1, 0.15) is 11.3 Å². The van der Waals surface area contributed by atoms with Gasteiger partial charge in [-0.15, -0.1) is 0 Å². The normalized spacial score (nSPS) is 10.9. The summed E-state index contributed by atoms with van der Waals surface area (Å²) in [6.45, 7) is 5.35. The molecular weight excluding hydrogens is 336 g/mol. The first-order chi connectivity index (χ1) is 12.2. The molecule has 26 heavy (non-hydrogen) atoms. The molecule has 0 spiro atoms. The van der Waals surface area contributed by atoms with Gasteiger partial charge in [-0.3, -0.25) is 9.59 Å². The molecule has 0 saturated carbocycles. The number of nitrogens with one attached hydrogen (secondary N) is 1. The highest BCUT2D eigenvalue weighted by Crippen LogP contribution is 2.19. The number of carboxylic acids is 1. The molecule has 1 aromatic heterocycles. The Morgan fingerprint density at radius 2 is 1.81 bits per heavy atom. The summed E-state index contributed by atoms with van der Waals surface area (Å²) in [5.74, 6) is -2.02. The van der Waals surface area contributed by atoms with E-state index in [1.807, 2.05) is 0 Å². The van der Waals surface area contributed by atoms with Gasteiger partial charge in [0, 0.05) is 11.9 Å². The fourth-order valence-electron chi connectivity index (χ4n) is 2.18. The van der Waals surface area contributed by atoms with Crippen LogP contribution in [0.25, 0.3) is 0 Å². The number of nitrogens with zero attached hydrogens (tertiary/aromatic N) is 1. The summed E-state index contributed by atoms with van der Waals surface area (Å²) in [5, 5.41) is 11.6. The van der Waals surface area contributed by atoms with Crippen molar-refractivity contribution in [1.82, 2.24) is 4.98 Å². The number of carbonyl (C=O) groups is 3. The van der Waals surface area contributed by atoms with Crippen molar-refractivity contribution in [2.75, 3.05) is 5.32 Å². The van der Waals surface area contributed by atoms with E-state index >= 15 is 0 Å². The van der Waals surface area contributed by atoms with Gasteiger partial charge in [0.15, 0.2) is 0 Å². The molecule has 7 nitrogen and oxygen atoms in total. The first kappa shape index (κ1) is 19.1. The van der Waals surface area contributed by atoms with Crippen LogP contribution in [-0.4, -0.2) is 33.5 Å². The van der Waals surface area contributed by atoms with Gasteiger partial charge in [0.05, 0.1) is 12.0 Å². The Hall–Kier alpha value is -3.22. The van der Waals surface area contributed by atoms with Gasteiger partial charge >= 0.3 is 11.9 Å². The van der Waals surface area contributed by atoms with E-state index in [0.717, 1.165) is 0 Å². The molecule has 1 aromatic carbocycles. The monoisotopic (exact) mass is 356 g/mol. The first-order valence-electron chi connectivity index (χ1n) is 7.96. The van der Waals surface area contributed by atoms with E-state index in [9.17, 15) is 14.4 Å². The Balaban J connectivity index is 2.13. The summed E-state index contributed by atoms with van der Waals surface area (Å²) in [4.78, 5) is 38.9. The molecule has 2 rings (SSSR count). The SMILES string of the molecule is CC(C)(C)OC(=O)Cc1ccccc1NC(=O)c1ccc(C(=O)O)nc1. The number of carboxylic acid groups (broad SMARTS) is 1. The maximum atomic E-state index is 12.3. The average molecular weight is 356 g/mol. The van der Waals surface area contributed by atoms with Crippen LogP contribution < -0.4 is 5.32 Å². The number of aromatic carboxylic acids is 1. The predicted molar refractivity (Wildman–Crippen MR) is 95.1 cm³/mol. The molecule has 2 aromatic rings. The zero-order chi connectivity index (χ0) is 19.3. The third kappa shape index (κ3) is 5.41. The summed E-state index contributed by atoms with van der Waals surface area (Å²) in [6, 6.07) is 9.53. The number of benzene rings is 1. The summed E-state index contributed by atoms with van der Waals surface area (Å²) in [6.07, 6.45) is 1.21. The Kier molecular flexibility index (Phi) is 5.71. The number of anilines is 1. The molecule has 136 valence electrons. The number of para-hydroxylation sites is 1. The summed E-state index contributed by atoms with van der Waals surface area (Å²) < 4.78 is 5.30. The van der Waals surface area contributed by atoms with Crippen LogP contribution in [0.1, 0.15) is 47.2 Å². The van der Waals surface area contributed by atoms with E-state index in [1.54, 1.807) is 45.0 Å². The van der Waals surface area contributed by atoms with Gasteiger partial charge < -0.3 is 15.2 Å². The Morgan fingerprint density at radius 1 is 1.12 bits per heavy atom. The minimum absolute atomic E-state index is 0.0178. The van der Waals surface area contributed by atoms with Gasteiger partial charge in [-0.25, -0.2) is 9.78 Å². The number of rotatable bonds is 5. The van der Waals surface area contributed by atoms with E-state index in [2.05, 4.69) is 10.3 Å². The summed E-state index contributed by atoms with van der Waals surface area (Å²) in [5.41, 5.74) is 0.567. The van der Waals surface area contributed by atoms with Gasteiger partial charge in [-0.1, -0.05) is 18.2 Å². The van der Waals surface area contributed by atoms with Crippen molar-refractivity contribution < 1.29 is 24.2 Å². The summed E-state index contributed by atoms with van der Waals surface area (Å²) in [7, 11) is 0. The average Bonchev–Trinajstić information content (AvgIpc) is 2.55. The van der Waals surface area contributed by atoms with Gasteiger partial charge in [0.25, 0.3) is 5.91 Å². The first-order valence-corrected chi connectivity index (χ1v) is 7.96. The molecule has 2 N–H and O–H groups in total. The molecule has 0 unspecified atom stereocenters.